The Balaban J connectivity index is 2.29. The molecular formula is C19H20O4. The number of carbonyl (C=O) groups is 2. The molecule has 0 aliphatic carbocycles. The van der Waals surface area contributed by atoms with E-state index in [1.54, 1.807) is 6.92 Å². The molecule has 4 heteroatoms. The van der Waals surface area contributed by atoms with E-state index in [0.717, 1.165) is 16.7 Å². The van der Waals surface area contributed by atoms with E-state index in [0.29, 0.717) is 18.6 Å². The van der Waals surface area contributed by atoms with Crippen molar-refractivity contribution >= 4 is 11.8 Å². The van der Waals surface area contributed by atoms with Crippen LogP contribution in [0, 0.1) is 0 Å². The van der Waals surface area contributed by atoms with Gasteiger partial charge in [-0.2, -0.15) is 0 Å². The molecule has 0 fully saturated rings. The molecule has 4 nitrogen and oxygen atoms in total. The second kappa shape index (κ2) is 8.13. The maximum Gasteiger partial charge on any atom is 0.303 e. The van der Waals surface area contributed by atoms with Crippen molar-refractivity contribution in [1.82, 2.24) is 0 Å². The van der Waals surface area contributed by atoms with Gasteiger partial charge in [0.15, 0.2) is 5.78 Å². The number of hydrogen-bond donors (Lipinski definition) is 1. The van der Waals surface area contributed by atoms with Crippen LogP contribution in [0.25, 0.3) is 11.1 Å². The Labute approximate surface area is 135 Å². The SMILES string of the molecule is CCC(=O)COc1ccc(CCC(=O)O)cc1-c1ccccc1. The van der Waals surface area contributed by atoms with Gasteiger partial charge in [0.2, 0.25) is 0 Å². The molecule has 1 N–H and O–H groups in total. The topological polar surface area (TPSA) is 63.6 Å². The first-order valence-corrected chi connectivity index (χ1v) is 7.64. The molecule has 0 saturated carbocycles. The number of carbonyl (C=O) groups excluding carboxylic acids is 1. The highest BCUT2D eigenvalue weighted by Gasteiger charge is 2.10. The average molecular weight is 312 g/mol. The summed E-state index contributed by atoms with van der Waals surface area (Å²) < 4.78 is 5.66. The molecule has 0 unspecified atom stereocenters. The highest BCUT2D eigenvalue weighted by Crippen LogP contribution is 2.31. The molecule has 2 rings (SSSR count). The number of benzene rings is 2. The van der Waals surface area contributed by atoms with Crippen LogP contribution in [-0.4, -0.2) is 23.5 Å². The van der Waals surface area contributed by atoms with Gasteiger partial charge in [-0.25, -0.2) is 0 Å². The number of carboxylic acids is 1. The van der Waals surface area contributed by atoms with E-state index in [4.69, 9.17) is 9.84 Å². The highest BCUT2D eigenvalue weighted by atomic mass is 16.5. The van der Waals surface area contributed by atoms with Gasteiger partial charge < -0.3 is 9.84 Å². The minimum absolute atomic E-state index is 0.0407. The van der Waals surface area contributed by atoms with Crippen LogP contribution in [0.4, 0.5) is 0 Å². The Morgan fingerprint density at radius 1 is 1.09 bits per heavy atom. The molecule has 0 spiro atoms. The number of Topliss-reactive ketones (excluding diaryl/α,β-unsaturated/α-hetero) is 1. The zero-order valence-electron chi connectivity index (χ0n) is 13.1. The molecule has 0 aliphatic rings. The molecule has 23 heavy (non-hydrogen) atoms. The van der Waals surface area contributed by atoms with Crippen molar-refractivity contribution in [3.8, 4) is 16.9 Å². The number of carboxylic acid groups (broad SMARTS) is 1. The average Bonchev–Trinajstić information content (AvgIpc) is 2.58. The maximum atomic E-state index is 11.5. The van der Waals surface area contributed by atoms with Gasteiger partial charge in [0.25, 0.3) is 0 Å². The third kappa shape index (κ3) is 4.95. The summed E-state index contributed by atoms with van der Waals surface area (Å²) in [6, 6.07) is 15.3. The number of aryl methyl sites for hydroxylation is 1. The Bertz CT molecular complexity index is 677. The van der Waals surface area contributed by atoms with Gasteiger partial charge in [-0.05, 0) is 29.7 Å². The molecule has 120 valence electrons. The molecule has 0 saturated heterocycles. The van der Waals surface area contributed by atoms with Gasteiger partial charge in [0, 0.05) is 18.4 Å². The smallest absolute Gasteiger partial charge is 0.303 e. The van der Waals surface area contributed by atoms with E-state index in [2.05, 4.69) is 0 Å². The second-order valence-corrected chi connectivity index (χ2v) is 5.27. The number of rotatable bonds is 8. The lowest BCUT2D eigenvalue weighted by Crippen LogP contribution is -2.10. The summed E-state index contributed by atoms with van der Waals surface area (Å²) in [5.41, 5.74) is 2.78. The van der Waals surface area contributed by atoms with E-state index < -0.39 is 5.97 Å². The molecule has 0 atom stereocenters. The fourth-order valence-corrected chi connectivity index (χ4v) is 2.21. The maximum absolute atomic E-state index is 11.5. The predicted molar refractivity (Wildman–Crippen MR) is 88.6 cm³/mol. The molecule has 0 heterocycles. The number of ether oxygens (including phenoxy) is 1. The fourth-order valence-electron chi connectivity index (χ4n) is 2.21. The van der Waals surface area contributed by atoms with Crippen molar-refractivity contribution in [2.24, 2.45) is 0 Å². The lowest BCUT2D eigenvalue weighted by atomic mass is 10.00. The summed E-state index contributed by atoms with van der Waals surface area (Å²) in [7, 11) is 0. The van der Waals surface area contributed by atoms with Crippen molar-refractivity contribution in [3.05, 3.63) is 54.1 Å². The number of ketones is 1. The standard InChI is InChI=1S/C19H20O4/c1-2-16(20)13-23-18-10-8-14(9-11-19(21)22)12-17(18)15-6-4-3-5-7-15/h3-8,10,12H,2,9,11,13H2,1H3,(H,21,22). The summed E-state index contributed by atoms with van der Waals surface area (Å²) in [5.74, 6) is -0.142. The molecule has 0 aromatic heterocycles. The molecule has 2 aromatic rings. The van der Waals surface area contributed by atoms with Crippen LogP contribution < -0.4 is 4.74 Å². The van der Waals surface area contributed by atoms with Crippen molar-refractivity contribution in [2.75, 3.05) is 6.61 Å². The number of aliphatic carboxylic acids is 1. The van der Waals surface area contributed by atoms with E-state index in [1.165, 1.54) is 0 Å². The summed E-state index contributed by atoms with van der Waals surface area (Å²) >= 11 is 0. The molecule has 2 aromatic carbocycles. The lowest BCUT2D eigenvalue weighted by molar-refractivity contribution is -0.137. The molecular weight excluding hydrogens is 292 g/mol. The van der Waals surface area contributed by atoms with Crippen molar-refractivity contribution < 1.29 is 19.4 Å². The van der Waals surface area contributed by atoms with Crippen LogP contribution in [0.2, 0.25) is 0 Å². The van der Waals surface area contributed by atoms with Gasteiger partial charge in [0.1, 0.15) is 12.4 Å². The Kier molecular flexibility index (Phi) is 5.92. The van der Waals surface area contributed by atoms with Crippen LogP contribution in [0.15, 0.2) is 48.5 Å². The van der Waals surface area contributed by atoms with Gasteiger partial charge in [0.05, 0.1) is 0 Å². The van der Waals surface area contributed by atoms with Crippen LogP contribution in [0.1, 0.15) is 25.3 Å². The zero-order valence-corrected chi connectivity index (χ0v) is 13.1. The van der Waals surface area contributed by atoms with Crippen LogP contribution >= 0.6 is 0 Å². The summed E-state index contributed by atoms with van der Waals surface area (Å²) in [6.07, 6.45) is 0.990. The first kappa shape index (κ1) is 16.7. The van der Waals surface area contributed by atoms with E-state index in [1.807, 2.05) is 48.5 Å². The van der Waals surface area contributed by atoms with E-state index in [-0.39, 0.29) is 18.8 Å². The first-order chi connectivity index (χ1) is 11.1. The number of hydrogen-bond acceptors (Lipinski definition) is 3. The van der Waals surface area contributed by atoms with E-state index in [9.17, 15) is 9.59 Å². The molecule has 0 aliphatic heterocycles. The molecule has 0 bridgehead atoms. The van der Waals surface area contributed by atoms with Gasteiger partial charge in [-0.3, -0.25) is 9.59 Å². The van der Waals surface area contributed by atoms with Crippen LogP contribution in [0.3, 0.4) is 0 Å². The third-order valence-corrected chi connectivity index (χ3v) is 3.54. The first-order valence-electron chi connectivity index (χ1n) is 7.64. The van der Waals surface area contributed by atoms with Gasteiger partial charge in [-0.15, -0.1) is 0 Å². The van der Waals surface area contributed by atoms with Crippen LogP contribution in [-0.2, 0) is 16.0 Å². The van der Waals surface area contributed by atoms with Gasteiger partial charge in [-0.1, -0.05) is 43.3 Å². The highest BCUT2D eigenvalue weighted by molar-refractivity contribution is 5.80. The van der Waals surface area contributed by atoms with Crippen molar-refractivity contribution in [2.45, 2.75) is 26.2 Å². The lowest BCUT2D eigenvalue weighted by Gasteiger charge is -2.13. The van der Waals surface area contributed by atoms with Crippen molar-refractivity contribution in [3.63, 3.8) is 0 Å². The van der Waals surface area contributed by atoms with Gasteiger partial charge >= 0.3 is 5.97 Å². The fraction of sp³-hybridized carbons (Fsp3) is 0.263. The normalized spacial score (nSPS) is 10.3. The quantitative estimate of drug-likeness (QED) is 0.806. The summed E-state index contributed by atoms with van der Waals surface area (Å²) in [6.45, 7) is 1.85. The third-order valence-electron chi connectivity index (χ3n) is 3.54. The largest absolute Gasteiger partial charge is 0.485 e. The Morgan fingerprint density at radius 3 is 2.48 bits per heavy atom. The summed E-state index contributed by atoms with van der Waals surface area (Å²) in [5, 5.41) is 8.83. The predicted octanol–water partition coefficient (Wildman–Crippen LogP) is 3.73. The Hall–Kier alpha value is -2.62. The van der Waals surface area contributed by atoms with Crippen molar-refractivity contribution in [1.29, 1.82) is 0 Å². The molecule has 0 radical (unpaired) electrons. The second-order valence-electron chi connectivity index (χ2n) is 5.27. The van der Waals surface area contributed by atoms with E-state index >= 15 is 0 Å². The summed E-state index contributed by atoms with van der Waals surface area (Å²) in [4.78, 5) is 22.2. The van der Waals surface area contributed by atoms with Crippen LogP contribution in [0.5, 0.6) is 5.75 Å². The molecule has 0 amide bonds. The minimum Gasteiger partial charge on any atom is -0.485 e. The monoisotopic (exact) mass is 312 g/mol. The minimum atomic E-state index is -0.819. The Morgan fingerprint density at radius 2 is 1.83 bits per heavy atom. The zero-order chi connectivity index (χ0) is 16.7.